The number of hydrogen-bond donors (Lipinski definition) is 2. The van der Waals surface area contributed by atoms with E-state index < -0.39 is 0 Å². The maximum Gasteiger partial charge on any atom is 0.231 e. The zero-order valence-corrected chi connectivity index (χ0v) is 12.1. The van der Waals surface area contributed by atoms with Gasteiger partial charge in [-0.2, -0.15) is 0 Å². The van der Waals surface area contributed by atoms with E-state index in [4.69, 9.17) is 4.74 Å². The molecule has 1 aliphatic heterocycles. The highest BCUT2D eigenvalue weighted by Gasteiger charge is 2.33. The first-order valence-electron chi connectivity index (χ1n) is 7.38. The van der Waals surface area contributed by atoms with Crippen LogP contribution in [-0.2, 0) is 9.53 Å². The third-order valence-corrected chi connectivity index (χ3v) is 3.90. The molecule has 2 N–H and O–H groups in total. The molecule has 0 aliphatic carbocycles. The van der Waals surface area contributed by atoms with Crippen LogP contribution in [0.2, 0.25) is 0 Å². The van der Waals surface area contributed by atoms with E-state index in [-0.39, 0.29) is 17.9 Å². The number of carbonyl (C=O) groups is 1. The molecule has 110 valence electrons. The summed E-state index contributed by atoms with van der Waals surface area (Å²) >= 11 is 0. The lowest BCUT2D eigenvalue weighted by molar-refractivity contribution is -0.120. The van der Waals surface area contributed by atoms with Crippen LogP contribution in [-0.4, -0.2) is 31.7 Å². The Hall–Kier alpha value is -1.91. The fourth-order valence-corrected chi connectivity index (χ4v) is 2.78. The van der Waals surface area contributed by atoms with Crippen LogP contribution in [0.5, 0.6) is 0 Å². The van der Waals surface area contributed by atoms with E-state index in [1.54, 1.807) is 0 Å². The molecular weight excluding hydrogens is 264 g/mol. The highest BCUT2D eigenvalue weighted by Crippen LogP contribution is 2.21. The maximum absolute atomic E-state index is 12.4. The summed E-state index contributed by atoms with van der Waals surface area (Å²) in [5.41, 5.74) is 0.834. The van der Waals surface area contributed by atoms with Crippen molar-refractivity contribution in [1.82, 2.24) is 5.32 Å². The third kappa shape index (κ3) is 3.06. The van der Waals surface area contributed by atoms with Crippen molar-refractivity contribution in [3.8, 4) is 0 Å². The number of anilines is 1. The highest BCUT2D eigenvalue weighted by molar-refractivity contribution is 5.96. The molecule has 0 aromatic heterocycles. The molecule has 1 saturated heterocycles. The first kappa shape index (κ1) is 14.0. The number of amides is 1. The maximum atomic E-state index is 12.4. The van der Waals surface area contributed by atoms with Gasteiger partial charge in [0.05, 0.1) is 19.1 Å². The lowest BCUT2D eigenvalue weighted by Gasteiger charge is -2.18. The fraction of sp³-hybridized carbons (Fsp3) is 0.353. The predicted octanol–water partition coefficient (Wildman–Crippen LogP) is 2.40. The van der Waals surface area contributed by atoms with Crippen LogP contribution in [0.25, 0.3) is 10.8 Å². The van der Waals surface area contributed by atoms with E-state index >= 15 is 0 Å². The van der Waals surface area contributed by atoms with Crippen LogP contribution in [0.4, 0.5) is 5.69 Å². The van der Waals surface area contributed by atoms with Crippen molar-refractivity contribution in [3.63, 3.8) is 0 Å². The predicted molar refractivity (Wildman–Crippen MR) is 84.4 cm³/mol. The topological polar surface area (TPSA) is 50.4 Å². The second-order valence-corrected chi connectivity index (χ2v) is 5.36. The number of nitrogens with one attached hydrogen (secondary N) is 2. The van der Waals surface area contributed by atoms with Gasteiger partial charge in [-0.15, -0.1) is 0 Å². The molecule has 3 rings (SSSR count). The molecule has 1 aliphatic rings. The van der Waals surface area contributed by atoms with Crippen LogP contribution < -0.4 is 10.6 Å². The van der Waals surface area contributed by atoms with Gasteiger partial charge in [0.15, 0.2) is 0 Å². The van der Waals surface area contributed by atoms with E-state index in [0.717, 1.165) is 17.6 Å². The molecule has 0 bridgehead atoms. The number of rotatable bonds is 4. The minimum Gasteiger partial charge on any atom is -0.379 e. The third-order valence-electron chi connectivity index (χ3n) is 3.90. The van der Waals surface area contributed by atoms with E-state index in [9.17, 15) is 4.79 Å². The molecule has 0 saturated carbocycles. The van der Waals surface area contributed by atoms with Crippen molar-refractivity contribution in [3.05, 3.63) is 42.5 Å². The van der Waals surface area contributed by atoms with Gasteiger partial charge >= 0.3 is 0 Å². The normalized spacial score (nSPS) is 21.6. The minimum atomic E-state index is -0.128. The van der Waals surface area contributed by atoms with Crippen molar-refractivity contribution < 1.29 is 9.53 Å². The van der Waals surface area contributed by atoms with Gasteiger partial charge in [0.1, 0.15) is 0 Å². The number of fused-ring (bicyclic) bond motifs is 1. The van der Waals surface area contributed by atoms with E-state index in [2.05, 4.69) is 16.7 Å². The molecule has 1 heterocycles. The zero-order chi connectivity index (χ0) is 14.7. The van der Waals surface area contributed by atoms with Gasteiger partial charge < -0.3 is 15.4 Å². The first-order chi connectivity index (χ1) is 10.3. The van der Waals surface area contributed by atoms with Crippen molar-refractivity contribution in [2.75, 3.05) is 25.1 Å². The van der Waals surface area contributed by atoms with Gasteiger partial charge in [0.2, 0.25) is 5.91 Å². The summed E-state index contributed by atoms with van der Waals surface area (Å²) < 4.78 is 5.43. The lowest BCUT2D eigenvalue weighted by Crippen LogP contribution is -2.41. The lowest BCUT2D eigenvalue weighted by atomic mass is 10.0. The molecule has 4 heteroatoms. The van der Waals surface area contributed by atoms with Gasteiger partial charge in [0, 0.05) is 11.7 Å². The van der Waals surface area contributed by atoms with Crippen LogP contribution in [0.1, 0.15) is 6.92 Å². The van der Waals surface area contributed by atoms with Crippen LogP contribution in [0.15, 0.2) is 42.5 Å². The molecule has 1 amide bonds. The number of ether oxygens (including phenoxy) is 1. The Balaban J connectivity index is 1.73. The summed E-state index contributed by atoms with van der Waals surface area (Å²) in [7, 11) is 0. The summed E-state index contributed by atoms with van der Waals surface area (Å²) in [6, 6.07) is 14.2. The first-order valence-corrected chi connectivity index (χ1v) is 7.38. The summed E-state index contributed by atoms with van der Waals surface area (Å²) in [6.07, 6.45) is 0. The zero-order valence-electron chi connectivity index (χ0n) is 12.1. The average Bonchev–Trinajstić information content (AvgIpc) is 2.96. The molecule has 2 aromatic rings. The highest BCUT2D eigenvalue weighted by atomic mass is 16.5. The Labute approximate surface area is 124 Å². The van der Waals surface area contributed by atoms with Crippen molar-refractivity contribution in [1.29, 1.82) is 0 Å². The molecule has 0 spiro atoms. The number of benzene rings is 2. The molecule has 0 radical (unpaired) electrons. The van der Waals surface area contributed by atoms with Crippen LogP contribution in [0, 0.1) is 5.92 Å². The number of hydrogen-bond acceptors (Lipinski definition) is 3. The molecular formula is C17H20N2O2. The Morgan fingerprint density at radius 3 is 2.81 bits per heavy atom. The molecule has 21 heavy (non-hydrogen) atoms. The fourth-order valence-electron chi connectivity index (χ4n) is 2.78. The second kappa shape index (κ2) is 6.24. The molecule has 2 unspecified atom stereocenters. The Kier molecular flexibility index (Phi) is 4.18. The van der Waals surface area contributed by atoms with E-state index in [0.29, 0.717) is 13.2 Å². The standard InChI is InChI=1S/C17H20N2O2/c1-2-18-16-11-21-10-15(16)17(20)19-14-8-7-12-5-3-4-6-13(12)9-14/h3-9,15-16,18H,2,10-11H2,1H3,(H,19,20). The largest absolute Gasteiger partial charge is 0.379 e. The van der Waals surface area contributed by atoms with Gasteiger partial charge in [-0.05, 0) is 29.4 Å². The van der Waals surface area contributed by atoms with E-state index in [1.807, 2.05) is 43.3 Å². The molecule has 2 atom stereocenters. The quantitative estimate of drug-likeness (QED) is 0.906. The van der Waals surface area contributed by atoms with E-state index in [1.165, 1.54) is 5.39 Å². The SMILES string of the molecule is CCNC1COCC1C(=O)Nc1ccc2ccccc2c1. The van der Waals surface area contributed by atoms with Gasteiger partial charge in [0.25, 0.3) is 0 Å². The number of likely N-dealkylation sites (N-methyl/N-ethyl adjacent to an activating group) is 1. The summed E-state index contributed by atoms with van der Waals surface area (Å²) in [4.78, 5) is 12.4. The van der Waals surface area contributed by atoms with Crippen LogP contribution >= 0.6 is 0 Å². The Morgan fingerprint density at radius 1 is 1.19 bits per heavy atom. The van der Waals surface area contributed by atoms with Gasteiger partial charge in [-0.1, -0.05) is 37.3 Å². The molecule has 1 fully saturated rings. The monoisotopic (exact) mass is 284 g/mol. The summed E-state index contributed by atoms with van der Waals surface area (Å²) in [5.74, 6) is -0.106. The van der Waals surface area contributed by atoms with Crippen molar-refractivity contribution in [2.24, 2.45) is 5.92 Å². The second-order valence-electron chi connectivity index (χ2n) is 5.36. The minimum absolute atomic E-state index is 0.0220. The number of carbonyl (C=O) groups excluding carboxylic acids is 1. The Morgan fingerprint density at radius 2 is 2.00 bits per heavy atom. The average molecular weight is 284 g/mol. The van der Waals surface area contributed by atoms with Gasteiger partial charge in [-0.3, -0.25) is 4.79 Å². The smallest absolute Gasteiger partial charge is 0.231 e. The van der Waals surface area contributed by atoms with Crippen molar-refractivity contribution >= 4 is 22.4 Å². The molecule has 2 aromatic carbocycles. The van der Waals surface area contributed by atoms with Crippen molar-refractivity contribution in [2.45, 2.75) is 13.0 Å². The van der Waals surface area contributed by atoms with Crippen LogP contribution in [0.3, 0.4) is 0 Å². The Bertz CT molecular complexity index is 641. The summed E-state index contributed by atoms with van der Waals surface area (Å²) in [5, 5.41) is 8.61. The molecule has 4 nitrogen and oxygen atoms in total. The summed E-state index contributed by atoms with van der Waals surface area (Å²) in [6.45, 7) is 3.96. The van der Waals surface area contributed by atoms with Gasteiger partial charge in [-0.25, -0.2) is 0 Å².